The second-order valence-electron chi connectivity index (χ2n) is 5.86. The molecule has 0 aliphatic rings. The Morgan fingerprint density at radius 3 is 2.59 bits per heavy atom. The minimum atomic E-state index is 0.667. The Bertz CT molecular complexity index is 566. The molecule has 0 amide bonds. The van der Waals surface area contributed by atoms with E-state index in [0.29, 0.717) is 5.92 Å². The standard InChI is InChI=1S/C19H24ClNO/c1-15(2)11-13-22-19-5-3-4-18(14-19)21-12-10-16-6-8-17(20)9-7-16/h3-9,14-15,21H,10-13H2,1-2H3. The lowest BCUT2D eigenvalue weighted by Gasteiger charge is -2.11. The summed E-state index contributed by atoms with van der Waals surface area (Å²) in [5.74, 6) is 1.60. The first kappa shape index (κ1) is 16.7. The molecule has 0 unspecified atom stereocenters. The smallest absolute Gasteiger partial charge is 0.121 e. The maximum absolute atomic E-state index is 5.89. The van der Waals surface area contributed by atoms with E-state index in [1.165, 1.54) is 5.56 Å². The van der Waals surface area contributed by atoms with Crippen LogP contribution in [0.2, 0.25) is 5.02 Å². The lowest BCUT2D eigenvalue weighted by atomic mass is 10.1. The summed E-state index contributed by atoms with van der Waals surface area (Å²) in [7, 11) is 0. The van der Waals surface area contributed by atoms with Crippen molar-refractivity contribution >= 4 is 17.3 Å². The SMILES string of the molecule is CC(C)CCOc1cccc(NCCc2ccc(Cl)cc2)c1. The van der Waals surface area contributed by atoms with Gasteiger partial charge in [-0.3, -0.25) is 0 Å². The fourth-order valence-electron chi connectivity index (χ4n) is 2.11. The third kappa shape index (κ3) is 5.98. The normalized spacial score (nSPS) is 10.7. The van der Waals surface area contributed by atoms with Crippen LogP contribution in [0.4, 0.5) is 5.69 Å². The van der Waals surface area contributed by atoms with Gasteiger partial charge in [0.2, 0.25) is 0 Å². The van der Waals surface area contributed by atoms with Gasteiger partial charge >= 0.3 is 0 Å². The lowest BCUT2D eigenvalue weighted by Crippen LogP contribution is -2.05. The van der Waals surface area contributed by atoms with Crippen molar-refractivity contribution in [3.05, 3.63) is 59.1 Å². The predicted octanol–water partition coefficient (Wildman–Crippen LogP) is 5.42. The molecule has 0 saturated heterocycles. The highest BCUT2D eigenvalue weighted by molar-refractivity contribution is 6.30. The molecule has 2 nitrogen and oxygen atoms in total. The molecule has 0 aromatic heterocycles. The van der Waals surface area contributed by atoms with Crippen molar-refractivity contribution in [1.29, 1.82) is 0 Å². The van der Waals surface area contributed by atoms with E-state index in [1.54, 1.807) is 0 Å². The highest BCUT2D eigenvalue weighted by atomic mass is 35.5. The molecule has 0 spiro atoms. The van der Waals surface area contributed by atoms with Crippen molar-refractivity contribution < 1.29 is 4.74 Å². The van der Waals surface area contributed by atoms with Gasteiger partial charge < -0.3 is 10.1 Å². The van der Waals surface area contributed by atoms with Crippen LogP contribution < -0.4 is 10.1 Å². The Morgan fingerprint density at radius 2 is 1.86 bits per heavy atom. The first-order chi connectivity index (χ1) is 10.6. The number of nitrogens with one attached hydrogen (secondary N) is 1. The van der Waals surface area contributed by atoms with Crippen molar-refractivity contribution in [2.24, 2.45) is 5.92 Å². The molecule has 0 atom stereocenters. The highest BCUT2D eigenvalue weighted by Gasteiger charge is 1.99. The van der Waals surface area contributed by atoms with Crippen LogP contribution in [0, 0.1) is 5.92 Å². The quantitative estimate of drug-likeness (QED) is 0.702. The third-order valence-electron chi connectivity index (χ3n) is 3.45. The Kier molecular flexibility index (Phi) is 6.60. The van der Waals surface area contributed by atoms with Crippen LogP contribution in [0.3, 0.4) is 0 Å². The summed E-state index contributed by atoms with van der Waals surface area (Å²) in [5.41, 5.74) is 2.37. The van der Waals surface area contributed by atoms with Crippen LogP contribution in [0.1, 0.15) is 25.8 Å². The highest BCUT2D eigenvalue weighted by Crippen LogP contribution is 2.18. The molecular weight excluding hydrogens is 294 g/mol. The van der Waals surface area contributed by atoms with Crippen LogP contribution >= 0.6 is 11.6 Å². The lowest BCUT2D eigenvalue weighted by molar-refractivity contribution is 0.289. The summed E-state index contributed by atoms with van der Waals surface area (Å²) < 4.78 is 5.78. The molecule has 2 rings (SSSR count). The maximum Gasteiger partial charge on any atom is 0.121 e. The zero-order chi connectivity index (χ0) is 15.8. The maximum atomic E-state index is 5.89. The zero-order valence-electron chi connectivity index (χ0n) is 13.3. The van der Waals surface area contributed by atoms with Crippen LogP contribution in [0.5, 0.6) is 5.75 Å². The van der Waals surface area contributed by atoms with Gasteiger partial charge in [-0.15, -0.1) is 0 Å². The van der Waals surface area contributed by atoms with Crippen molar-refractivity contribution in [2.75, 3.05) is 18.5 Å². The second-order valence-corrected chi connectivity index (χ2v) is 6.30. The molecule has 2 aromatic rings. The van der Waals surface area contributed by atoms with Gasteiger partial charge in [-0.1, -0.05) is 43.6 Å². The summed E-state index contributed by atoms with van der Waals surface area (Å²) in [6.45, 7) is 6.07. The molecule has 0 radical (unpaired) electrons. The Hall–Kier alpha value is -1.67. The molecule has 0 fully saturated rings. The minimum Gasteiger partial charge on any atom is -0.494 e. The van der Waals surface area contributed by atoms with Crippen LogP contribution in [-0.2, 0) is 6.42 Å². The fraction of sp³-hybridized carbons (Fsp3) is 0.368. The van der Waals surface area contributed by atoms with Gasteiger partial charge in [0.05, 0.1) is 6.61 Å². The first-order valence-electron chi connectivity index (χ1n) is 7.84. The largest absolute Gasteiger partial charge is 0.494 e. The number of ether oxygens (including phenoxy) is 1. The monoisotopic (exact) mass is 317 g/mol. The van der Waals surface area contributed by atoms with E-state index in [9.17, 15) is 0 Å². The predicted molar refractivity (Wildman–Crippen MR) is 95.0 cm³/mol. The molecule has 0 heterocycles. The number of anilines is 1. The van der Waals surface area contributed by atoms with Crippen LogP contribution in [0.15, 0.2) is 48.5 Å². The minimum absolute atomic E-state index is 0.667. The summed E-state index contributed by atoms with van der Waals surface area (Å²) in [4.78, 5) is 0. The second kappa shape index (κ2) is 8.70. The van der Waals surface area contributed by atoms with E-state index in [1.807, 2.05) is 24.3 Å². The van der Waals surface area contributed by atoms with E-state index in [4.69, 9.17) is 16.3 Å². The number of hydrogen-bond donors (Lipinski definition) is 1. The first-order valence-corrected chi connectivity index (χ1v) is 8.22. The van der Waals surface area contributed by atoms with Crippen molar-refractivity contribution in [2.45, 2.75) is 26.7 Å². The van der Waals surface area contributed by atoms with Crippen molar-refractivity contribution in [3.63, 3.8) is 0 Å². The van der Waals surface area contributed by atoms with Gasteiger partial charge in [-0.05, 0) is 48.6 Å². The van der Waals surface area contributed by atoms with Gasteiger partial charge in [0.1, 0.15) is 5.75 Å². The van der Waals surface area contributed by atoms with Crippen molar-refractivity contribution in [3.8, 4) is 5.75 Å². The Labute approximate surface area is 138 Å². The molecule has 3 heteroatoms. The summed E-state index contributed by atoms with van der Waals surface area (Å²) in [6, 6.07) is 16.1. The molecule has 2 aromatic carbocycles. The van der Waals surface area contributed by atoms with E-state index in [2.05, 4.69) is 43.4 Å². The van der Waals surface area contributed by atoms with Gasteiger partial charge in [-0.25, -0.2) is 0 Å². The summed E-state index contributed by atoms with van der Waals surface area (Å²) in [5, 5.41) is 4.21. The Balaban J connectivity index is 1.78. The Morgan fingerprint density at radius 1 is 1.09 bits per heavy atom. The molecule has 1 N–H and O–H groups in total. The average molecular weight is 318 g/mol. The molecule has 0 aliphatic carbocycles. The zero-order valence-corrected chi connectivity index (χ0v) is 14.1. The molecule has 22 heavy (non-hydrogen) atoms. The summed E-state index contributed by atoms with van der Waals surface area (Å²) in [6.07, 6.45) is 2.05. The summed E-state index contributed by atoms with van der Waals surface area (Å²) >= 11 is 5.89. The van der Waals surface area contributed by atoms with Gasteiger partial charge in [0.15, 0.2) is 0 Å². The average Bonchev–Trinajstić information content (AvgIpc) is 2.49. The topological polar surface area (TPSA) is 21.3 Å². The number of hydrogen-bond acceptors (Lipinski definition) is 2. The van der Waals surface area contributed by atoms with Crippen LogP contribution in [-0.4, -0.2) is 13.2 Å². The number of rotatable bonds is 8. The number of benzene rings is 2. The molecular formula is C19H24ClNO. The van der Waals surface area contributed by atoms with E-state index >= 15 is 0 Å². The molecule has 0 aliphatic heterocycles. The van der Waals surface area contributed by atoms with E-state index < -0.39 is 0 Å². The molecule has 0 bridgehead atoms. The van der Waals surface area contributed by atoms with Crippen LogP contribution in [0.25, 0.3) is 0 Å². The number of halogens is 1. The van der Waals surface area contributed by atoms with Crippen molar-refractivity contribution in [1.82, 2.24) is 0 Å². The van der Waals surface area contributed by atoms with E-state index in [-0.39, 0.29) is 0 Å². The fourth-order valence-corrected chi connectivity index (χ4v) is 2.24. The van der Waals surface area contributed by atoms with Gasteiger partial charge in [0, 0.05) is 23.3 Å². The molecule has 0 saturated carbocycles. The third-order valence-corrected chi connectivity index (χ3v) is 3.71. The van der Waals surface area contributed by atoms with E-state index in [0.717, 1.165) is 42.5 Å². The van der Waals surface area contributed by atoms with Gasteiger partial charge in [0.25, 0.3) is 0 Å². The molecule has 118 valence electrons. The van der Waals surface area contributed by atoms with Gasteiger partial charge in [-0.2, -0.15) is 0 Å².